The second-order valence-electron chi connectivity index (χ2n) is 8.12. The summed E-state index contributed by atoms with van der Waals surface area (Å²) in [4.78, 5) is 0. The fourth-order valence-corrected chi connectivity index (χ4v) is 4.58. The Kier molecular flexibility index (Phi) is 9.07. The lowest BCUT2D eigenvalue weighted by molar-refractivity contribution is 0.232. The number of phosphoric ester groups is 1. The molecular formula is C31H17N4O6P. The Hall–Kier alpha value is -6.21. The Morgan fingerprint density at radius 3 is 1.38 bits per heavy atom. The maximum Gasteiger partial charge on any atom is 0.588 e. The molecule has 202 valence electrons. The maximum absolute atomic E-state index is 13.6. The van der Waals surface area contributed by atoms with Crippen LogP contribution in [0.15, 0.2) is 84.9 Å². The summed E-state index contributed by atoms with van der Waals surface area (Å²) in [5.41, 5.74) is 0.728. The fraction of sp³-hybridized carbons (Fsp3) is 0.0323. The van der Waals surface area contributed by atoms with E-state index in [9.17, 15) is 15.1 Å². The quantitative estimate of drug-likeness (QED) is 0.143. The van der Waals surface area contributed by atoms with Crippen LogP contribution in [-0.2, 0) is 9.09 Å². The molecule has 0 atom stereocenters. The van der Waals surface area contributed by atoms with E-state index in [1.54, 1.807) is 24.3 Å². The summed E-state index contributed by atoms with van der Waals surface area (Å²) in [5, 5.41) is 36.7. The first-order chi connectivity index (χ1) is 20.4. The van der Waals surface area contributed by atoms with Gasteiger partial charge >= 0.3 is 7.82 Å². The third-order valence-electron chi connectivity index (χ3n) is 5.29. The third kappa shape index (κ3) is 7.25. The highest BCUT2D eigenvalue weighted by molar-refractivity contribution is 7.49. The van der Waals surface area contributed by atoms with Gasteiger partial charge in [-0.25, -0.2) is 4.57 Å². The van der Waals surface area contributed by atoms with Crippen molar-refractivity contribution in [3.63, 3.8) is 0 Å². The molecule has 0 amide bonds. The molecule has 4 rings (SSSR count). The highest BCUT2D eigenvalue weighted by Gasteiger charge is 2.31. The van der Waals surface area contributed by atoms with Gasteiger partial charge in [0.05, 0.1) is 22.3 Å². The molecule has 10 nitrogen and oxygen atoms in total. The van der Waals surface area contributed by atoms with Gasteiger partial charge in [0.25, 0.3) is 0 Å². The zero-order valence-corrected chi connectivity index (χ0v) is 22.4. The number of hydrogen-bond donors (Lipinski definition) is 0. The first-order valence-electron chi connectivity index (χ1n) is 11.9. The summed E-state index contributed by atoms with van der Waals surface area (Å²) in [5.74, 6) is 3.50. The van der Waals surface area contributed by atoms with Crippen LogP contribution < -0.4 is 18.5 Å². The van der Waals surface area contributed by atoms with E-state index in [2.05, 4.69) is 5.92 Å². The first kappa shape index (κ1) is 28.8. The van der Waals surface area contributed by atoms with Crippen LogP contribution in [0.25, 0.3) is 0 Å². The summed E-state index contributed by atoms with van der Waals surface area (Å²) in [7, 11) is -4.34. The number of rotatable bonds is 10. The lowest BCUT2D eigenvalue weighted by Crippen LogP contribution is -2.05. The number of phosphoric acid groups is 1. The largest absolute Gasteiger partial charge is 0.588 e. The van der Waals surface area contributed by atoms with Crippen molar-refractivity contribution in [1.29, 1.82) is 21.0 Å². The van der Waals surface area contributed by atoms with Gasteiger partial charge in [-0.3, -0.25) is 4.52 Å². The highest BCUT2D eigenvalue weighted by Crippen LogP contribution is 2.50. The minimum Gasteiger partial charge on any atom is -0.457 e. The fourth-order valence-electron chi connectivity index (χ4n) is 3.46. The standard InChI is InChI=1S/C31H17N4O6P/c1-2-13-37-42(36,40-30-7-3-5-26(16-30)38-28-11-9-22(18-32)24(14-28)20-34)41-31-8-4-6-27(17-31)39-29-12-10-23(19-33)25(15-29)21-35/h1,3-12,14-17H,13H2. The van der Waals surface area contributed by atoms with Crippen LogP contribution in [0.4, 0.5) is 0 Å². The number of ether oxygens (including phenoxy) is 2. The van der Waals surface area contributed by atoms with E-state index >= 15 is 0 Å². The van der Waals surface area contributed by atoms with Gasteiger partial charge in [0.2, 0.25) is 0 Å². The van der Waals surface area contributed by atoms with Crippen LogP contribution in [0.5, 0.6) is 34.5 Å². The van der Waals surface area contributed by atoms with Gasteiger partial charge in [0.1, 0.15) is 65.4 Å². The number of terminal acetylenes is 1. The lowest BCUT2D eigenvalue weighted by atomic mass is 10.1. The van der Waals surface area contributed by atoms with E-state index < -0.39 is 7.82 Å². The van der Waals surface area contributed by atoms with Crippen LogP contribution in [0.1, 0.15) is 22.3 Å². The molecule has 11 heteroatoms. The number of benzene rings is 4. The van der Waals surface area contributed by atoms with Crippen molar-refractivity contribution in [2.75, 3.05) is 6.61 Å². The van der Waals surface area contributed by atoms with E-state index in [0.29, 0.717) is 11.5 Å². The van der Waals surface area contributed by atoms with Crippen LogP contribution in [0, 0.1) is 57.7 Å². The van der Waals surface area contributed by atoms with Crippen LogP contribution in [0.3, 0.4) is 0 Å². The summed E-state index contributed by atoms with van der Waals surface area (Å²) in [6.45, 7) is -0.381. The summed E-state index contributed by atoms with van der Waals surface area (Å²) >= 11 is 0. The van der Waals surface area contributed by atoms with E-state index in [1.807, 2.05) is 24.3 Å². The van der Waals surface area contributed by atoms with Crippen molar-refractivity contribution in [2.45, 2.75) is 0 Å². The first-order valence-corrected chi connectivity index (χ1v) is 13.4. The molecule has 0 heterocycles. The zero-order valence-electron chi connectivity index (χ0n) is 21.6. The highest BCUT2D eigenvalue weighted by atomic mass is 31.2. The molecule has 4 aromatic rings. The minimum atomic E-state index is -4.34. The van der Waals surface area contributed by atoms with Gasteiger partial charge in [-0.05, 0) is 60.7 Å². The summed E-state index contributed by atoms with van der Waals surface area (Å²) in [6.07, 6.45) is 5.30. The number of nitrogens with zero attached hydrogens (tertiary/aromatic N) is 4. The zero-order chi connectivity index (χ0) is 30.0. The van der Waals surface area contributed by atoms with Gasteiger partial charge in [0, 0.05) is 12.1 Å². The smallest absolute Gasteiger partial charge is 0.457 e. The van der Waals surface area contributed by atoms with Crippen molar-refractivity contribution in [3.8, 4) is 71.1 Å². The predicted octanol–water partition coefficient (Wildman–Crippen LogP) is 6.97. The molecule has 0 aliphatic rings. The minimum absolute atomic E-state index is 0.0658. The molecule has 0 saturated heterocycles. The molecule has 4 aromatic carbocycles. The third-order valence-corrected chi connectivity index (χ3v) is 6.60. The monoisotopic (exact) mass is 572 g/mol. The molecule has 0 radical (unpaired) electrons. The molecule has 0 fully saturated rings. The van der Waals surface area contributed by atoms with Gasteiger partial charge in [0.15, 0.2) is 0 Å². The van der Waals surface area contributed by atoms with Crippen molar-refractivity contribution in [1.82, 2.24) is 0 Å². The molecule has 0 aliphatic carbocycles. The molecule has 0 bridgehead atoms. The SMILES string of the molecule is C#CCOP(=O)(Oc1cccc(Oc2ccc(C#N)c(C#N)c2)c1)Oc1cccc(Oc2ccc(C#N)c(C#N)c2)c1. The molecule has 0 spiro atoms. The molecule has 0 aromatic heterocycles. The van der Waals surface area contributed by atoms with Crippen LogP contribution in [-0.4, -0.2) is 6.61 Å². The molecular weight excluding hydrogens is 555 g/mol. The average Bonchev–Trinajstić information content (AvgIpc) is 3.00. The Labute approximate surface area is 241 Å². The Balaban J connectivity index is 1.53. The molecule has 0 N–H and O–H groups in total. The van der Waals surface area contributed by atoms with Gasteiger partial charge in [-0.2, -0.15) is 21.0 Å². The van der Waals surface area contributed by atoms with Crippen LogP contribution in [0.2, 0.25) is 0 Å². The maximum atomic E-state index is 13.6. The van der Waals surface area contributed by atoms with E-state index in [-0.39, 0.29) is 51.9 Å². The molecule has 42 heavy (non-hydrogen) atoms. The van der Waals surface area contributed by atoms with E-state index in [1.165, 1.54) is 60.7 Å². The predicted molar refractivity (Wildman–Crippen MR) is 148 cm³/mol. The molecule has 0 aliphatic heterocycles. The average molecular weight is 572 g/mol. The Morgan fingerprint density at radius 2 is 0.976 bits per heavy atom. The summed E-state index contributed by atoms with van der Waals surface area (Å²) < 4.78 is 41.6. The second kappa shape index (κ2) is 13.2. The molecule has 0 saturated carbocycles. The van der Waals surface area contributed by atoms with E-state index in [0.717, 1.165) is 0 Å². The number of hydrogen-bond acceptors (Lipinski definition) is 10. The lowest BCUT2D eigenvalue weighted by Gasteiger charge is -2.19. The van der Waals surface area contributed by atoms with Crippen molar-refractivity contribution >= 4 is 7.82 Å². The van der Waals surface area contributed by atoms with Gasteiger partial charge < -0.3 is 18.5 Å². The number of nitriles is 4. The van der Waals surface area contributed by atoms with Gasteiger partial charge in [-0.15, -0.1) is 6.42 Å². The summed E-state index contributed by atoms with van der Waals surface area (Å²) in [6, 6.07) is 28.8. The molecule has 0 unspecified atom stereocenters. The second-order valence-corrected chi connectivity index (χ2v) is 9.64. The van der Waals surface area contributed by atoms with Gasteiger partial charge in [-0.1, -0.05) is 18.1 Å². The van der Waals surface area contributed by atoms with Crippen molar-refractivity contribution in [2.24, 2.45) is 0 Å². The normalized spacial score (nSPS) is 10.1. The Bertz CT molecular complexity index is 1780. The van der Waals surface area contributed by atoms with E-state index in [4.69, 9.17) is 40.0 Å². The topological polar surface area (TPSA) is 158 Å². The van der Waals surface area contributed by atoms with Crippen molar-refractivity contribution in [3.05, 3.63) is 107 Å². The Morgan fingerprint density at radius 1 is 0.571 bits per heavy atom. The van der Waals surface area contributed by atoms with Crippen molar-refractivity contribution < 1.29 is 27.6 Å². The van der Waals surface area contributed by atoms with Crippen LogP contribution >= 0.6 is 7.82 Å².